The number of rotatable bonds is 2. The van der Waals surface area contributed by atoms with E-state index in [1.54, 1.807) is 6.08 Å². The highest BCUT2D eigenvalue weighted by molar-refractivity contribution is 6.30. The Balaban J connectivity index is 2.54. The standard InChI is InChI=1S/C16H9ClN2/c17-15-7-5-13(6-8-15)16-4-2-1-3-14(16)9-12(10-18)11-19/h1-9H. The Bertz CT molecular complexity index is 685. The molecule has 0 fully saturated rings. The molecule has 0 aliphatic rings. The van der Waals surface area contributed by atoms with Gasteiger partial charge in [-0.15, -0.1) is 0 Å². The smallest absolute Gasteiger partial charge is 0.130 e. The first-order valence-electron chi connectivity index (χ1n) is 5.61. The average Bonchev–Trinajstić information content (AvgIpc) is 2.46. The van der Waals surface area contributed by atoms with Crippen molar-refractivity contribution in [1.82, 2.24) is 0 Å². The van der Waals surface area contributed by atoms with Crippen molar-refractivity contribution in [2.24, 2.45) is 0 Å². The van der Waals surface area contributed by atoms with Crippen molar-refractivity contribution in [3.05, 3.63) is 64.7 Å². The van der Waals surface area contributed by atoms with Crippen molar-refractivity contribution in [1.29, 1.82) is 10.5 Å². The van der Waals surface area contributed by atoms with Gasteiger partial charge in [-0.2, -0.15) is 10.5 Å². The van der Waals surface area contributed by atoms with Crippen molar-refractivity contribution >= 4 is 17.7 Å². The summed E-state index contributed by atoms with van der Waals surface area (Å²) in [6.45, 7) is 0. The van der Waals surface area contributed by atoms with E-state index in [4.69, 9.17) is 22.1 Å². The molecule has 0 bridgehead atoms. The van der Waals surface area contributed by atoms with Gasteiger partial charge in [-0.3, -0.25) is 0 Å². The first-order chi connectivity index (χ1) is 9.24. The van der Waals surface area contributed by atoms with Crippen LogP contribution in [0.3, 0.4) is 0 Å². The fourth-order valence-electron chi connectivity index (χ4n) is 1.76. The van der Waals surface area contributed by atoms with Gasteiger partial charge in [0, 0.05) is 5.02 Å². The van der Waals surface area contributed by atoms with Crippen LogP contribution in [-0.4, -0.2) is 0 Å². The van der Waals surface area contributed by atoms with Crippen molar-refractivity contribution in [3.63, 3.8) is 0 Å². The van der Waals surface area contributed by atoms with Crippen LogP contribution >= 0.6 is 11.6 Å². The molecule has 0 aliphatic carbocycles. The molecule has 0 atom stereocenters. The number of nitrogens with zero attached hydrogens (tertiary/aromatic N) is 2. The van der Waals surface area contributed by atoms with E-state index in [-0.39, 0.29) is 5.57 Å². The monoisotopic (exact) mass is 264 g/mol. The third kappa shape index (κ3) is 3.01. The van der Waals surface area contributed by atoms with Gasteiger partial charge >= 0.3 is 0 Å². The number of hydrogen-bond acceptors (Lipinski definition) is 2. The van der Waals surface area contributed by atoms with E-state index >= 15 is 0 Å². The van der Waals surface area contributed by atoms with Gasteiger partial charge in [-0.25, -0.2) is 0 Å². The lowest BCUT2D eigenvalue weighted by Crippen LogP contribution is -1.84. The van der Waals surface area contributed by atoms with Gasteiger partial charge in [0.05, 0.1) is 0 Å². The van der Waals surface area contributed by atoms with Crippen LogP contribution in [0.15, 0.2) is 54.1 Å². The average molecular weight is 265 g/mol. The van der Waals surface area contributed by atoms with Gasteiger partial charge in [0.1, 0.15) is 17.7 Å². The summed E-state index contributed by atoms with van der Waals surface area (Å²) in [5.41, 5.74) is 2.87. The van der Waals surface area contributed by atoms with Crippen LogP contribution in [-0.2, 0) is 0 Å². The van der Waals surface area contributed by atoms with Gasteiger partial charge in [-0.05, 0) is 34.9 Å². The summed E-state index contributed by atoms with van der Waals surface area (Å²) in [5.74, 6) is 0. The second-order valence-electron chi connectivity index (χ2n) is 3.88. The van der Waals surface area contributed by atoms with Crippen LogP contribution in [0.25, 0.3) is 17.2 Å². The first-order valence-corrected chi connectivity index (χ1v) is 5.99. The van der Waals surface area contributed by atoms with E-state index in [1.165, 1.54) is 0 Å². The van der Waals surface area contributed by atoms with Gasteiger partial charge in [0.25, 0.3) is 0 Å². The summed E-state index contributed by atoms with van der Waals surface area (Å²) >= 11 is 5.87. The Hall–Kier alpha value is -2.55. The zero-order valence-corrected chi connectivity index (χ0v) is 10.7. The molecule has 0 radical (unpaired) electrons. The maximum absolute atomic E-state index is 8.83. The Morgan fingerprint density at radius 3 is 2.21 bits per heavy atom. The molecule has 19 heavy (non-hydrogen) atoms. The molecule has 0 saturated carbocycles. The maximum atomic E-state index is 8.83. The third-order valence-corrected chi connectivity index (χ3v) is 2.91. The van der Waals surface area contributed by atoms with Crippen molar-refractivity contribution < 1.29 is 0 Å². The zero-order chi connectivity index (χ0) is 13.7. The van der Waals surface area contributed by atoms with E-state index in [0.29, 0.717) is 5.02 Å². The number of halogens is 1. The largest absolute Gasteiger partial charge is 0.192 e. The van der Waals surface area contributed by atoms with E-state index in [9.17, 15) is 0 Å². The van der Waals surface area contributed by atoms with Gasteiger partial charge in [0.15, 0.2) is 0 Å². The Kier molecular flexibility index (Phi) is 3.98. The molecule has 0 saturated heterocycles. The van der Waals surface area contributed by atoms with Crippen LogP contribution in [0.5, 0.6) is 0 Å². The first kappa shape index (κ1) is 12.9. The summed E-state index contributed by atoms with van der Waals surface area (Å²) in [5, 5.41) is 18.3. The Morgan fingerprint density at radius 2 is 1.58 bits per heavy atom. The summed E-state index contributed by atoms with van der Waals surface area (Å²) < 4.78 is 0. The maximum Gasteiger partial charge on any atom is 0.130 e. The van der Waals surface area contributed by atoms with Gasteiger partial charge in [-0.1, -0.05) is 48.0 Å². The predicted octanol–water partition coefficient (Wildman–Crippen LogP) is 4.44. The molecule has 90 valence electrons. The van der Waals surface area contributed by atoms with Crippen LogP contribution < -0.4 is 0 Å². The van der Waals surface area contributed by atoms with Crippen molar-refractivity contribution in [3.8, 4) is 23.3 Å². The summed E-state index contributed by atoms with van der Waals surface area (Å²) in [6, 6.07) is 18.8. The third-order valence-electron chi connectivity index (χ3n) is 2.66. The second-order valence-corrected chi connectivity index (χ2v) is 4.31. The molecule has 2 aromatic rings. The highest BCUT2D eigenvalue weighted by Gasteiger charge is 2.04. The van der Waals surface area contributed by atoms with Crippen molar-refractivity contribution in [2.45, 2.75) is 0 Å². The molecular weight excluding hydrogens is 256 g/mol. The highest BCUT2D eigenvalue weighted by Crippen LogP contribution is 2.26. The molecule has 3 heteroatoms. The summed E-state index contributed by atoms with van der Waals surface area (Å²) in [6.07, 6.45) is 1.59. The van der Waals surface area contributed by atoms with Crippen LogP contribution in [0.2, 0.25) is 5.02 Å². The normalized spacial score (nSPS) is 9.21. The van der Waals surface area contributed by atoms with E-state index in [2.05, 4.69) is 0 Å². The molecule has 2 rings (SSSR count). The topological polar surface area (TPSA) is 47.6 Å². The van der Waals surface area contributed by atoms with Gasteiger partial charge in [0.2, 0.25) is 0 Å². The molecule has 0 aromatic heterocycles. The molecule has 0 unspecified atom stereocenters. The predicted molar refractivity (Wildman–Crippen MR) is 76.1 cm³/mol. The lowest BCUT2D eigenvalue weighted by atomic mass is 9.98. The van der Waals surface area contributed by atoms with Gasteiger partial charge < -0.3 is 0 Å². The lowest BCUT2D eigenvalue weighted by molar-refractivity contribution is 1.47. The number of allylic oxidation sites excluding steroid dienone is 1. The minimum absolute atomic E-state index is 0.0846. The second kappa shape index (κ2) is 5.87. The lowest BCUT2D eigenvalue weighted by Gasteiger charge is -2.06. The Morgan fingerprint density at radius 1 is 0.947 bits per heavy atom. The molecule has 0 spiro atoms. The molecular formula is C16H9ClN2. The molecule has 2 nitrogen and oxygen atoms in total. The van der Waals surface area contributed by atoms with Crippen LogP contribution in [0.1, 0.15) is 5.56 Å². The van der Waals surface area contributed by atoms with Crippen LogP contribution in [0.4, 0.5) is 0 Å². The summed E-state index contributed by atoms with van der Waals surface area (Å²) in [4.78, 5) is 0. The number of nitriles is 2. The van der Waals surface area contributed by atoms with Crippen LogP contribution in [0, 0.1) is 22.7 Å². The highest BCUT2D eigenvalue weighted by atomic mass is 35.5. The molecule has 0 heterocycles. The number of benzene rings is 2. The van der Waals surface area contributed by atoms with E-state index < -0.39 is 0 Å². The van der Waals surface area contributed by atoms with Crippen molar-refractivity contribution in [2.75, 3.05) is 0 Å². The van der Waals surface area contributed by atoms with E-state index in [0.717, 1.165) is 16.7 Å². The quantitative estimate of drug-likeness (QED) is 0.753. The molecule has 0 amide bonds. The number of hydrogen-bond donors (Lipinski definition) is 0. The SMILES string of the molecule is N#CC(C#N)=Cc1ccccc1-c1ccc(Cl)cc1. The fraction of sp³-hybridized carbons (Fsp3) is 0. The summed E-state index contributed by atoms with van der Waals surface area (Å²) in [7, 11) is 0. The minimum atomic E-state index is 0.0846. The molecule has 0 aliphatic heterocycles. The Labute approximate surface area is 116 Å². The fourth-order valence-corrected chi connectivity index (χ4v) is 1.89. The minimum Gasteiger partial charge on any atom is -0.192 e. The van der Waals surface area contributed by atoms with E-state index in [1.807, 2.05) is 60.7 Å². The zero-order valence-electron chi connectivity index (χ0n) is 9.97. The molecule has 2 aromatic carbocycles. The molecule has 0 N–H and O–H groups in total.